The van der Waals surface area contributed by atoms with E-state index in [0.717, 1.165) is 37.2 Å². The minimum absolute atomic E-state index is 0.141. The Bertz CT molecular complexity index is 1120. The lowest BCUT2D eigenvalue weighted by Gasteiger charge is -2.30. The Kier molecular flexibility index (Phi) is 7.58. The van der Waals surface area contributed by atoms with Crippen molar-refractivity contribution in [2.75, 3.05) is 10.6 Å². The number of H-pyrrole nitrogens is 1. The average molecular weight is 490 g/mol. The Balaban J connectivity index is 1.07. The molecule has 3 heterocycles. The molecule has 0 radical (unpaired) electrons. The van der Waals surface area contributed by atoms with Gasteiger partial charge in [-0.3, -0.25) is 10.1 Å². The highest BCUT2D eigenvalue weighted by Crippen LogP contribution is 2.34. The summed E-state index contributed by atoms with van der Waals surface area (Å²) in [5.74, 6) is 2.69. The number of hydrogen-bond donors (Lipinski definition) is 5. The van der Waals surface area contributed by atoms with Crippen molar-refractivity contribution in [2.24, 2.45) is 0 Å². The Morgan fingerprint density at radius 3 is 2.56 bits per heavy atom. The van der Waals surface area contributed by atoms with E-state index in [2.05, 4.69) is 52.5 Å². The van der Waals surface area contributed by atoms with Gasteiger partial charge in [-0.05, 0) is 63.6 Å². The minimum Gasteiger partial charge on any atom is -0.351 e. The Morgan fingerprint density at radius 2 is 1.78 bits per heavy atom. The molecule has 0 bridgehead atoms. The maximum Gasteiger partial charge on any atom is 0.315 e. The van der Waals surface area contributed by atoms with Gasteiger partial charge in [0.25, 0.3) is 0 Å². The van der Waals surface area contributed by atoms with Crippen LogP contribution in [0.25, 0.3) is 0 Å². The maximum atomic E-state index is 12.4. The second-order valence-corrected chi connectivity index (χ2v) is 9.87. The van der Waals surface area contributed by atoms with Gasteiger partial charge in [-0.2, -0.15) is 10.1 Å². The quantitative estimate of drug-likeness (QED) is 0.308. The van der Waals surface area contributed by atoms with Crippen molar-refractivity contribution in [3.8, 4) is 0 Å². The number of carbonyl (C=O) groups excluding carboxylic acids is 1. The first kappa shape index (κ1) is 24.0. The summed E-state index contributed by atoms with van der Waals surface area (Å²) in [5, 5.41) is 20.4. The third kappa shape index (κ3) is 6.30. The molecule has 3 aromatic heterocycles. The molecule has 3 aromatic rings. The van der Waals surface area contributed by atoms with Crippen molar-refractivity contribution < 1.29 is 4.79 Å². The second-order valence-electron chi connectivity index (χ2n) is 9.87. The summed E-state index contributed by atoms with van der Waals surface area (Å²) in [6.45, 7) is 1.94. The number of rotatable bonds is 8. The van der Waals surface area contributed by atoms with Crippen molar-refractivity contribution in [3.05, 3.63) is 54.1 Å². The van der Waals surface area contributed by atoms with Crippen LogP contribution in [0.1, 0.15) is 81.6 Å². The molecular weight excluding hydrogens is 454 g/mol. The molecule has 0 aliphatic heterocycles. The highest BCUT2D eigenvalue weighted by atomic mass is 16.2. The highest BCUT2D eigenvalue weighted by molar-refractivity contribution is 5.74. The van der Waals surface area contributed by atoms with Gasteiger partial charge in [0.1, 0.15) is 5.82 Å². The normalized spacial score (nSPS) is 21.0. The van der Waals surface area contributed by atoms with Gasteiger partial charge in [0.2, 0.25) is 5.95 Å². The van der Waals surface area contributed by atoms with Gasteiger partial charge in [-0.1, -0.05) is 18.9 Å². The first-order valence-electron chi connectivity index (χ1n) is 13.0. The molecule has 2 aliphatic carbocycles. The van der Waals surface area contributed by atoms with Crippen LogP contribution in [-0.2, 0) is 0 Å². The average Bonchev–Trinajstić information content (AvgIpc) is 3.58. The van der Waals surface area contributed by atoms with Gasteiger partial charge < -0.3 is 21.3 Å². The number of pyridine rings is 1. The minimum atomic E-state index is -0.152. The van der Waals surface area contributed by atoms with Crippen LogP contribution in [0, 0.1) is 0 Å². The lowest BCUT2D eigenvalue weighted by atomic mass is 9.91. The molecule has 0 saturated heterocycles. The number of amides is 2. The predicted molar refractivity (Wildman–Crippen MR) is 139 cm³/mol. The van der Waals surface area contributed by atoms with Crippen molar-refractivity contribution in [2.45, 2.75) is 82.3 Å². The molecule has 2 aliphatic rings. The number of carbonyl (C=O) groups is 1. The van der Waals surface area contributed by atoms with Crippen molar-refractivity contribution in [1.29, 1.82) is 0 Å². The first-order chi connectivity index (χ1) is 17.6. The van der Waals surface area contributed by atoms with Crippen molar-refractivity contribution >= 4 is 23.6 Å². The predicted octanol–water partition coefficient (Wildman–Crippen LogP) is 4.78. The smallest absolute Gasteiger partial charge is 0.315 e. The van der Waals surface area contributed by atoms with Crippen LogP contribution in [-0.4, -0.2) is 43.3 Å². The molecule has 2 saturated carbocycles. The lowest BCUT2D eigenvalue weighted by molar-refractivity contribution is 0.228. The fourth-order valence-corrected chi connectivity index (χ4v) is 5.17. The largest absolute Gasteiger partial charge is 0.351 e. The second kappa shape index (κ2) is 11.4. The number of aromatic nitrogens is 5. The number of aromatic amines is 1. The zero-order valence-corrected chi connectivity index (χ0v) is 20.7. The molecule has 5 N–H and O–H groups in total. The Labute approximate surface area is 211 Å². The Morgan fingerprint density at radius 1 is 0.972 bits per heavy atom. The molecule has 2 amide bonds. The lowest BCUT2D eigenvalue weighted by Crippen LogP contribution is -2.45. The van der Waals surface area contributed by atoms with Gasteiger partial charge in [0.05, 0.1) is 11.7 Å². The highest BCUT2D eigenvalue weighted by Gasteiger charge is 2.24. The fourth-order valence-electron chi connectivity index (χ4n) is 5.17. The van der Waals surface area contributed by atoms with Crippen LogP contribution in [0.2, 0.25) is 0 Å². The number of urea groups is 1. The number of nitrogens with zero attached hydrogens (tertiary/aromatic N) is 4. The summed E-state index contributed by atoms with van der Waals surface area (Å²) >= 11 is 0. The van der Waals surface area contributed by atoms with E-state index in [9.17, 15) is 4.79 Å². The van der Waals surface area contributed by atoms with Crippen LogP contribution in [0.4, 0.5) is 22.4 Å². The summed E-state index contributed by atoms with van der Waals surface area (Å²) in [5.41, 5.74) is 2.05. The number of anilines is 3. The third-order valence-corrected chi connectivity index (χ3v) is 7.18. The van der Waals surface area contributed by atoms with Crippen LogP contribution in [0.3, 0.4) is 0 Å². The molecule has 10 heteroatoms. The van der Waals surface area contributed by atoms with Crippen LogP contribution < -0.4 is 21.3 Å². The zero-order valence-electron chi connectivity index (χ0n) is 20.7. The van der Waals surface area contributed by atoms with Crippen LogP contribution in [0.5, 0.6) is 0 Å². The molecule has 0 aromatic carbocycles. The van der Waals surface area contributed by atoms with E-state index in [1.54, 1.807) is 12.4 Å². The summed E-state index contributed by atoms with van der Waals surface area (Å²) in [6, 6.07) is 9.77. The molecule has 5 rings (SSSR count). The third-order valence-electron chi connectivity index (χ3n) is 7.18. The topological polar surface area (TPSA) is 133 Å². The van der Waals surface area contributed by atoms with Gasteiger partial charge in [0.15, 0.2) is 5.82 Å². The molecule has 10 nitrogen and oxygen atoms in total. The van der Waals surface area contributed by atoms with Gasteiger partial charge >= 0.3 is 6.03 Å². The molecular formula is C26H35N9O. The summed E-state index contributed by atoms with van der Waals surface area (Å²) < 4.78 is 0. The van der Waals surface area contributed by atoms with Crippen molar-refractivity contribution in [3.63, 3.8) is 0 Å². The summed E-state index contributed by atoms with van der Waals surface area (Å²) in [4.78, 5) is 25.8. The van der Waals surface area contributed by atoms with E-state index >= 15 is 0 Å². The molecule has 1 unspecified atom stereocenters. The van der Waals surface area contributed by atoms with Crippen molar-refractivity contribution in [1.82, 2.24) is 35.8 Å². The zero-order chi connectivity index (χ0) is 24.7. The van der Waals surface area contributed by atoms with E-state index in [4.69, 9.17) is 0 Å². The van der Waals surface area contributed by atoms with Gasteiger partial charge in [-0.15, -0.1) is 0 Å². The maximum absolute atomic E-state index is 12.4. The van der Waals surface area contributed by atoms with E-state index in [-0.39, 0.29) is 24.2 Å². The van der Waals surface area contributed by atoms with E-state index in [1.165, 1.54) is 31.4 Å². The SMILES string of the molecule is CC(NC(=O)NC1CCC(Nc2nccc(Nc3cc(C4CCCC4)[nH]n3)n2)CC1)c1ccccn1. The Hall–Kier alpha value is -3.69. The van der Waals surface area contributed by atoms with Gasteiger partial charge in [0, 0.05) is 42.2 Å². The van der Waals surface area contributed by atoms with Gasteiger partial charge in [-0.25, -0.2) is 9.78 Å². The summed E-state index contributed by atoms with van der Waals surface area (Å²) in [6.07, 6.45) is 12.2. The fraction of sp³-hybridized carbons (Fsp3) is 0.500. The van der Waals surface area contributed by atoms with E-state index in [0.29, 0.717) is 17.7 Å². The summed E-state index contributed by atoms with van der Waals surface area (Å²) in [7, 11) is 0. The molecule has 0 spiro atoms. The molecule has 1 atom stereocenters. The van der Waals surface area contributed by atoms with Crippen LogP contribution in [0.15, 0.2) is 42.7 Å². The first-order valence-corrected chi connectivity index (χ1v) is 13.0. The molecule has 36 heavy (non-hydrogen) atoms. The number of hydrogen-bond acceptors (Lipinski definition) is 7. The van der Waals surface area contributed by atoms with E-state index < -0.39 is 0 Å². The standard InChI is InChI=1S/C26H35N9O/c1-17(21-8-4-5-14-27-21)29-26(36)31-20-11-9-19(10-12-20)30-25-28-15-13-23(33-25)32-24-16-22(34-35-24)18-6-2-3-7-18/h4-5,8,13-20H,2-3,6-7,9-12H2,1H3,(H2,29,31,36)(H3,28,30,32,33,34,35). The van der Waals surface area contributed by atoms with Crippen LogP contribution >= 0.6 is 0 Å². The monoisotopic (exact) mass is 489 g/mol. The molecule has 190 valence electrons. The number of nitrogens with one attached hydrogen (secondary N) is 5. The van der Waals surface area contributed by atoms with E-state index in [1.807, 2.05) is 31.2 Å². The molecule has 2 fully saturated rings.